The van der Waals surface area contributed by atoms with Crippen LogP contribution in [0.2, 0.25) is 0 Å². The smallest absolute Gasteiger partial charge is 0.413 e. The highest BCUT2D eigenvalue weighted by Crippen LogP contribution is 2.43. The molecule has 1 aromatic heterocycles. The Morgan fingerprint density at radius 2 is 1.37 bits per heavy atom. The number of fused-ring (bicyclic) bond motifs is 1. The van der Waals surface area contributed by atoms with Gasteiger partial charge in [-0.05, 0) is 41.5 Å². The molecule has 1 saturated heterocycles. The summed E-state index contributed by atoms with van der Waals surface area (Å²) in [6.07, 6.45) is -0.745. The van der Waals surface area contributed by atoms with Crippen molar-refractivity contribution >= 4 is 63.8 Å². The van der Waals surface area contributed by atoms with E-state index in [0.29, 0.717) is 22.3 Å². The number of aromatic nitrogens is 1. The van der Waals surface area contributed by atoms with Crippen LogP contribution in [0.25, 0.3) is 0 Å². The third kappa shape index (κ3) is 9.83. The first-order chi connectivity index (χ1) is 28.0. The number of carbonyl (C=O) groups is 5. The number of carbonyl (C=O) groups excluding carboxylic acids is 5. The van der Waals surface area contributed by atoms with Crippen molar-refractivity contribution in [3.8, 4) is 0 Å². The summed E-state index contributed by atoms with van der Waals surface area (Å²) in [5.41, 5.74) is -0.803. The fourth-order valence-corrected chi connectivity index (χ4v) is 8.34. The Bertz CT molecular complexity index is 2170. The van der Waals surface area contributed by atoms with Gasteiger partial charge in [-0.1, -0.05) is 96.2 Å². The predicted octanol–water partition coefficient (Wildman–Crippen LogP) is 6.76. The number of benzene rings is 3. The van der Waals surface area contributed by atoms with Crippen molar-refractivity contribution in [2.75, 3.05) is 17.7 Å². The summed E-state index contributed by atoms with van der Waals surface area (Å²) in [6.45, 7) is 11.3. The Morgan fingerprint density at radius 3 is 1.88 bits per heavy atom. The second-order valence-corrected chi connectivity index (χ2v) is 17.5. The largest absolute Gasteiger partial charge is 0.461 e. The summed E-state index contributed by atoms with van der Waals surface area (Å²) >= 11 is 2.32. The van der Waals surface area contributed by atoms with Gasteiger partial charge in [0.2, 0.25) is 5.60 Å². The molecule has 2 aliphatic rings. The molecule has 0 bridgehead atoms. The number of ether oxygens (including phenoxy) is 3. The van der Waals surface area contributed by atoms with E-state index < -0.39 is 58.1 Å². The molecule has 6 rings (SSSR count). The molecule has 2 atom stereocenters. The van der Waals surface area contributed by atoms with Crippen molar-refractivity contribution in [1.29, 1.82) is 0 Å². The van der Waals surface area contributed by atoms with Gasteiger partial charge in [0, 0.05) is 40.3 Å². The number of hydrogen-bond acceptors (Lipinski definition) is 13. The Balaban J connectivity index is 1.39. The van der Waals surface area contributed by atoms with E-state index in [1.807, 2.05) is 91.0 Å². The summed E-state index contributed by atoms with van der Waals surface area (Å²) < 4.78 is 16.3. The minimum Gasteiger partial charge on any atom is -0.461 e. The van der Waals surface area contributed by atoms with Gasteiger partial charge in [-0.25, -0.2) is 14.6 Å². The molecule has 2 aliphatic heterocycles. The quantitative estimate of drug-likeness (QED) is 0.0385. The maximum absolute atomic E-state index is 14.5. The average molecular weight is 840 g/mol. The zero-order valence-electron chi connectivity index (χ0n) is 33.6. The van der Waals surface area contributed by atoms with E-state index in [1.165, 1.54) is 29.0 Å². The molecule has 3 amide bonds. The number of oxime groups is 1. The third-order valence-corrected chi connectivity index (χ3v) is 10.9. The minimum absolute atomic E-state index is 0.0339. The van der Waals surface area contributed by atoms with E-state index in [4.69, 9.17) is 19.0 Å². The summed E-state index contributed by atoms with van der Waals surface area (Å²) in [7, 11) is 0. The molecule has 4 aromatic rings. The molecule has 16 heteroatoms. The highest BCUT2D eigenvalue weighted by Gasteiger charge is 2.55. The van der Waals surface area contributed by atoms with Crippen molar-refractivity contribution < 1.29 is 43.0 Å². The van der Waals surface area contributed by atoms with Gasteiger partial charge in [0.1, 0.15) is 40.6 Å². The Kier molecular flexibility index (Phi) is 12.6. The molecular weight excluding hydrogens is 795 g/mol. The van der Waals surface area contributed by atoms with Crippen LogP contribution in [-0.2, 0) is 43.8 Å². The van der Waals surface area contributed by atoms with Crippen molar-refractivity contribution in [2.45, 2.75) is 76.7 Å². The van der Waals surface area contributed by atoms with Crippen LogP contribution in [-0.4, -0.2) is 80.4 Å². The second-order valence-electron chi connectivity index (χ2n) is 15.6. The number of nitrogens with one attached hydrogen (secondary N) is 2. The van der Waals surface area contributed by atoms with Gasteiger partial charge < -0.3 is 24.4 Å². The van der Waals surface area contributed by atoms with Crippen LogP contribution in [0.5, 0.6) is 0 Å². The first-order valence-corrected chi connectivity index (χ1v) is 20.6. The van der Waals surface area contributed by atoms with Gasteiger partial charge in [0.15, 0.2) is 10.8 Å². The normalized spacial score (nSPS) is 17.0. The fourth-order valence-electron chi connectivity index (χ4n) is 6.33. The summed E-state index contributed by atoms with van der Waals surface area (Å²) in [6, 6.07) is 27.2. The van der Waals surface area contributed by atoms with E-state index >= 15 is 0 Å². The van der Waals surface area contributed by atoms with Crippen molar-refractivity contribution in [3.05, 3.63) is 130 Å². The number of β-lactam (4-membered cyclic amide) rings is 1. The topological polar surface area (TPSA) is 175 Å². The van der Waals surface area contributed by atoms with Crippen LogP contribution in [0.3, 0.4) is 0 Å². The van der Waals surface area contributed by atoms with Crippen molar-refractivity contribution in [2.24, 2.45) is 5.16 Å². The van der Waals surface area contributed by atoms with Crippen LogP contribution >= 0.6 is 23.1 Å². The summed E-state index contributed by atoms with van der Waals surface area (Å²) in [4.78, 5) is 78.8. The molecule has 0 saturated carbocycles. The van der Waals surface area contributed by atoms with E-state index in [9.17, 15) is 24.0 Å². The molecule has 3 heterocycles. The number of anilines is 1. The van der Waals surface area contributed by atoms with Gasteiger partial charge in [-0.2, -0.15) is 0 Å². The highest BCUT2D eigenvalue weighted by atomic mass is 32.2. The summed E-state index contributed by atoms with van der Waals surface area (Å²) in [5.74, 6) is -2.49. The van der Waals surface area contributed by atoms with Crippen LogP contribution in [0, 0.1) is 0 Å². The van der Waals surface area contributed by atoms with Crippen LogP contribution in [0.15, 0.2) is 113 Å². The molecule has 59 heavy (non-hydrogen) atoms. The predicted molar refractivity (Wildman–Crippen MR) is 223 cm³/mol. The maximum atomic E-state index is 14.5. The molecule has 2 N–H and O–H groups in total. The lowest BCUT2D eigenvalue weighted by Gasteiger charge is -2.49. The van der Waals surface area contributed by atoms with E-state index in [-0.39, 0.29) is 34.6 Å². The molecule has 0 spiro atoms. The van der Waals surface area contributed by atoms with Crippen molar-refractivity contribution in [1.82, 2.24) is 15.2 Å². The van der Waals surface area contributed by atoms with Gasteiger partial charge >= 0.3 is 18.0 Å². The number of thioether (sulfide) groups is 1. The maximum Gasteiger partial charge on any atom is 0.413 e. The molecule has 0 radical (unpaired) electrons. The monoisotopic (exact) mass is 839 g/mol. The second kappa shape index (κ2) is 17.5. The molecule has 3 aromatic carbocycles. The first kappa shape index (κ1) is 42.6. The SMILES string of the molecule is CC(=O)OCC1=C(C(=O)OC(C)(C)C)N2C(=O)C(NC(=O)/C(=N\OC(c3ccccc3)(c3ccccc3)c3ccccc3)c3csc(NC(=O)OC(C)(C)C)n3)[C@H]2SC1. The number of nitrogens with zero attached hydrogens (tertiary/aromatic N) is 3. The van der Waals surface area contributed by atoms with Crippen LogP contribution in [0.1, 0.15) is 70.9 Å². The lowest BCUT2D eigenvalue weighted by atomic mass is 9.80. The number of rotatable bonds is 12. The van der Waals surface area contributed by atoms with Crippen molar-refractivity contribution in [3.63, 3.8) is 0 Å². The number of hydrogen-bond donors (Lipinski definition) is 2. The van der Waals surface area contributed by atoms with E-state index in [1.54, 1.807) is 41.5 Å². The van der Waals surface area contributed by atoms with Crippen LogP contribution < -0.4 is 10.6 Å². The van der Waals surface area contributed by atoms with Gasteiger partial charge in [0.25, 0.3) is 11.8 Å². The molecule has 0 aliphatic carbocycles. The molecule has 308 valence electrons. The lowest BCUT2D eigenvalue weighted by Crippen LogP contribution is -2.71. The standard InChI is InChI=1S/C43H45N5O9S2/c1-26(49)54-23-27-24-58-37-33(36(51)48(37)34(27)38(52)55-41(2,3)4)45-35(50)32(31-25-59-39(44-31)46-40(53)56-42(5,6)7)47-57-43(28-17-11-8-12-18-28,29-19-13-9-14-20-29)30-21-15-10-16-22-30/h8-22,25,33,37H,23-24H2,1-7H3,(H,45,50)(H,44,46,53)/b47-32-/t33?,37-/m1/s1. The Labute approximate surface area is 350 Å². The number of amides is 3. The molecular formula is C43H45N5O9S2. The zero-order chi connectivity index (χ0) is 42.5. The molecule has 1 fully saturated rings. The fraction of sp³-hybridized carbons (Fsp3) is 0.326. The van der Waals surface area contributed by atoms with Gasteiger partial charge in [-0.3, -0.25) is 24.6 Å². The Hall–Kier alpha value is -6.00. The molecule has 14 nitrogen and oxygen atoms in total. The Morgan fingerprint density at radius 1 is 0.831 bits per heavy atom. The highest BCUT2D eigenvalue weighted by molar-refractivity contribution is 8.00. The molecule has 1 unspecified atom stereocenters. The number of esters is 2. The zero-order valence-corrected chi connectivity index (χ0v) is 35.3. The van der Waals surface area contributed by atoms with Crippen LogP contribution in [0.4, 0.5) is 9.93 Å². The van der Waals surface area contributed by atoms with Gasteiger partial charge in [0.05, 0.1) is 0 Å². The minimum atomic E-state index is -1.38. The number of thiazole rings is 1. The average Bonchev–Trinajstić information content (AvgIpc) is 3.64. The van der Waals surface area contributed by atoms with Gasteiger partial charge in [-0.15, -0.1) is 23.1 Å². The van der Waals surface area contributed by atoms with E-state index in [2.05, 4.69) is 20.8 Å². The van der Waals surface area contributed by atoms with E-state index in [0.717, 1.165) is 11.3 Å². The third-order valence-electron chi connectivity index (χ3n) is 8.76. The lowest BCUT2D eigenvalue weighted by molar-refractivity contribution is -0.159. The summed E-state index contributed by atoms with van der Waals surface area (Å²) in [5, 5.41) is 10.9. The first-order valence-electron chi connectivity index (χ1n) is 18.7.